The molecule has 1 aliphatic rings. The molecular weight excluding hydrogens is 180 g/mol. The Morgan fingerprint density at radius 3 is 2.29 bits per heavy atom. The minimum atomic E-state index is -0.132. The number of piperazine rings is 1. The molecule has 0 aromatic heterocycles. The van der Waals surface area contributed by atoms with Crippen LogP contribution in [0.2, 0.25) is 0 Å². The van der Waals surface area contributed by atoms with Gasteiger partial charge in [-0.25, -0.2) is 0 Å². The molecule has 0 unspecified atom stereocenters. The number of aldehydes is 1. The highest BCUT2D eigenvalue weighted by atomic mass is 16.3. The lowest BCUT2D eigenvalue weighted by Gasteiger charge is -2.42. The number of nitrogens with zero attached hydrogens (tertiary/aromatic N) is 2. The van der Waals surface area contributed by atoms with E-state index in [0.717, 1.165) is 32.5 Å². The van der Waals surface area contributed by atoms with Crippen molar-refractivity contribution >= 4 is 6.29 Å². The smallest absolute Gasteiger partial charge is 0.133 e. The van der Waals surface area contributed by atoms with Crippen LogP contribution in [-0.4, -0.2) is 66.1 Å². The van der Waals surface area contributed by atoms with E-state index >= 15 is 0 Å². The molecule has 1 fully saturated rings. The van der Waals surface area contributed by atoms with Crippen LogP contribution in [0.5, 0.6) is 0 Å². The van der Waals surface area contributed by atoms with Crippen molar-refractivity contribution in [1.82, 2.24) is 9.80 Å². The minimum Gasteiger partial charge on any atom is -0.394 e. The van der Waals surface area contributed by atoms with Crippen LogP contribution in [0, 0.1) is 0 Å². The predicted molar refractivity (Wildman–Crippen MR) is 55.2 cm³/mol. The van der Waals surface area contributed by atoms with Gasteiger partial charge < -0.3 is 9.90 Å². The molecule has 0 spiro atoms. The molecule has 0 aromatic carbocycles. The van der Waals surface area contributed by atoms with Crippen LogP contribution in [-0.2, 0) is 4.79 Å². The second-order valence-electron chi connectivity index (χ2n) is 4.42. The van der Waals surface area contributed by atoms with Crippen molar-refractivity contribution in [1.29, 1.82) is 0 Å². The summed E-state index contributed by atoms with van der Waals surface area (Å²) >= 11 is 0. The fourth-order valence-corrected chi connectivity index (χ4v) is 1.74. The Hall–Kier alpha value is -0.450. The van der Waals surface area contributed by atoms with Crippen molar-refractivity contribution in [3.8, 4) is 0 Å². The number of aliphatic hydroxyl groups is 1. The molecule has 14 heavy (non-hydrogen) atoms. The minimum absolute atomic E-state index is 0.132. The summed E-state index contributed by atoms with van der Waals surface area (Å²) in [7, 11) is 0. The summed E-state index contributed by atoms with van der Waals surface area (Å²) < 4.78 is 0. The molecule has 0 bridgehead atoms. The Labute approximate surface area is 85.5 Å². The van der Waals surface area contributed by atoms with Crippen molar-refractivity contribution in [2.24, 2.45) is 0 Å². The molecule has 0 aromatic rings. The average Bonchev–Trinajstić information content (AvgIpc) is 2.19. The monoisotopic (exact) mass is 200 g/mol. The van der Waals surface area contributed by atoms with Crippen molar-refractivity contribution in [3.05, 3.63) is 0 Å². The molecule has 4 nitrogen and oxygen atoms in total. The van der Waals surface area contributed by atoms with Crippen LogP contribution in [0.1, 0.15) is 13.8 Å². The van der Waals surface area contributed by atoms with E-state index in [1.807, 2.05) is 13.8 Å². The second-order valence-corrected chi connectivity index (χ2v) is 4.42. The van der Waals surface area contributed by atoms with E-state index in [9.17, 15) is 9.90 Å². The van der Waals surface area contributed by atoms with Crippen LogP contribution in [0.25, 0.3) is 0 Å². The summed E-state index contributed by atoms with van der Waals surface area (Å²) in [5, 5.41) is 9.20. The fraction of sp³-hybridized carbons (Fsp3) is 0.900. The summed E-state index contributed by atoms with van der Waals surface area (Å²) in [5.74, 6) is 0. The van der Waals surface area contributed by atoms with Crippen molar-refractivity contribution in [3.63, 3.8) is 0 Å². The molecule has 1 aliphatic heterocycles. The Morgan fingerprint density at radius 1 is 1.29 bits per heavy atom. The highest BCUT2D eigenvalue weighted by Crippen LogP contribution is 2.15. The number of rotatable bonds is 4. The maximum Gasteiger partial charge on any atom is 0.133 e. The maximum absolute atomic E-state index is 10.3. The molecule has 4 heteroatoms. The third-order valence-corrected chi connectivity index (χ3v) is 2.95. The van der Waals surface area contributed by atoms with Crippen LogP contribution < -0.4 is 0 Å². The number of carbonyl (C=O) groups excluding carboxylic acids is 1. The van der Waals surface area contributed by atoms with Crippen molar-refractivity contribution < 1.29 is 9.90 Å². The number of hydrogen-bond donors (Lipinski definition) is 1. The van der Waals surface area contributed by atoms with Gasteiger partial charge in [0.1, 0.15) is 6.29 Å². The molecule has 0 amide bonds. The van der Waals surface area contributed by atoms with Gasteiger partial charge in [-0.05, 0) is 13.8 Å². The maximum atomic E-state index is 10.3. The van der Waals surface area contributed by atoms with Gasteiger partial charge in [-0.1, -0.05) is 0 Å². The van der Waals surface area contributed by atoms with Crippen LogP contribution in [0.4, 0.5) is 0 Å². The van der Waals surface area contributed by atoms with E-state index in [1.54, 1.807) is 0 Å². The average molecular weight is 200 g/mol. The highest BCUT2D eigenvalue weighted by molar-refractivity contribution is 5.51. The SMILES string of the molecule is CC(C)(CO)N1CCN(CC=O)CC1. The van der Waals surface area contributed by atoms with Gasteiger partial charge in [-0.15, -0.1) is 0 Å². The fourth-order valence-electron chi connectivity index (χ4n) is 1.74. The Balaban J connectivity index is 2.38. The van der Waals surface area contributed by atoms with Gasteiger partial charge in [-0.2, -0.15) is 0 Å². The Bertz CT molecular complexity index is 187. The third-order valence-electron chi connectivity index (χ3n) is 2.95. The van der Waals surface area contributed by atoms with Gasteiger partial charge >= 0.3 is 0 Å². The summed E-state index contributed by atoms with van der Waals surface area (Å²) in [6, 6.07) is 0. The van der Waals surface area contributed by atoms with Gasteiger partial charge in [0.05, 0.1) is 13.2 Å². The molecule has 1 saturated heterocycles. The lowest BCUT2D eigenvalue weighted by Crippen LogP contribution is -2.56. The normalized spacial score (nSPS) is 21.1. The largest absolute Gasteiger partial charge is 0.394 e. The second kappa shape index (κ2) is 4.87. The molecule has 0 radical (unpaired) electrons. The number of aliphatic hydroxyl groups excluding tert-OH is 1. The molecule has 0 saturated carbocycles. The van der Waals surface area contributed by atoms with E-state index in [2.05, 4.69) is 9.80 Å². The Morgan fingerprint density at radius 2 is 1.86 bits per heavy atom. The summed E-state index contributed by atoms with van der Waals surface area (Å²) in [4.78, 5) is 14.7. The van der Waals surface area contributed by atoms with E-state index in [0.29, 0.717) is 6.54 Å². The van der Waals surface area contributed by atoms with E-state index in [-0.39, 0.29) is 12.1 Å². The van der Waals surface area contributed by atoms with Crippen molar-refractivity contribution in [2.45, 2.75) is 19.4 Å². The van der Waals surface area contributed by atoms with Gasteiger partial charge in [-0.3, -0.25) is 9.80 Å². The first kappa shape index (κ1) is 11.6. The standard InChI is InChI=1S/C10H20N2O2/c1-10(2,9-14)12-5-3-11(4-6-12)7-8-13/h8,14H,3-7,9H2,1-2H3. The van der Waals surface area contributed by atoms with E-state index in [4.69, 9.17) is 0 Å². The summed E-state index contributed by atoms with van der Waals surface area (Å²) in [5.41, 5.74) is -0.132. The van der Waals surface area contributed by atoms with E-state index in [1.165, 1.54) is 0 Å². The van der Waals surface area contributed by atoms with Crippen LogP contribution in [0.15, 0.2) is 0 Å². The molecule has 1 heterocycles. The third kappa shape index (κ3) is 2.77. The highest BCUT2D eigenvalue weighted by Gasteiger charge is 2.28. The molecule has 1 rings (SSSR count). The van der Waals surface area contributed by atoms with E-state index < -0.39 is 0 Å². The summed E-state index contributed by atoms with van der Waals surface area (Å²) in [6.45, 7) is 8.51. The lowest BCUT2D eigenvalue weighted by molar-refractivity contribution is -0.109. The summed E-state index contributed by atoms with van der Waals surface area (Å²) in [6.07, 6.45) is 0.951. The molecule has 1 N–H and O–H groups in total. The number of hydrogen-bond acceptors (Lipinski definition) is 4. The predicted octanol–water partition coefficient (Wildman–Crippen LogP) is -0.426. The Kier molecular flexibility index (Phi) is 4.04. The van der Waals surface area contributed by atoms with Crippen LogP contribution in [0.3, 0.4) is 0 Å². The van der Waals surface area contributed by atoms with Crippen molar-refractivity contribution in [2.75, 3.05) is 39.3 Å². The van der Waals surface area contributed by atoms with Gasteiger partial charge in [0, 0.05) is 31.7 Å². The molecule has 0 atom stereocenters. The zero-order chi connectivity index (χ0) is 10.6. The zero-order valence-electron chi connectivity index (χ0n) is 9.07. The van der Waals surface area contributed by atoms with Gasteiger partial charge in [0.2, 0.25) is 0 Å². The first-order valence-electron chi connectivity index (χ1n) is 5.12. The quantitative estimate of drug-likeness (QED) is 0.626. The topological polar surface area (TPSA) is 43.8 Å². The zero-order valence-corrected chi connectivity index (χ0v) is 9.07. The molecular formula is C10H20N2O2. The first-order valence-corrected chi connectivity index (χ1v) is 5.12. The molecule has 0 aliphatic carbocycles. The number of carbonyl (C=O) groups is 1. The van der Waals surface area contributed by atoms with Gasteiger partial charge in [0.15, 0.2) is 0 Å². The van der Waals surface area contributed by atoms with Crippen LogP contribution >= 0.6 is 0 Å². The molecule has 82 valence electrons. The lowest BCUT2D eigenvalue weighted by atomic mass is 10.0. The first-order chi connectivity index (χ1) is 6.60. The van der Waals surface area contributed by atoms with Gasteiger partial charge in [0.25, 0.3) is 0 Å².